The number of nitrogens with one attached hydrogen (secondary N) is 1. The molecule has 1 aromatic carbocycles. The molecule has 0 atom stereocenters. The van der Waals surface area contributed by atoms with E-state index in [0.29, 0.717) is 17.2 Å². The second-order valence-corrected chi connectivity index (χ2v) is 4.49. The molecule has 0 amide bonds. The van der Waals surface area contributed by atoms with Gasteiger partial charge in [-0.05, 0) is 36.9 Å². The van der Waals surface area contributed by atoms with Crippen molar-refractivity contribution in [1.29, 1.82) is 0 Å². The summed E-state index contributed by atoms with van der Waals surface area (Å²) in [5.41, 5.74) is 2.95. The molecule has 2 aromatic rings. The van der Waals surface area contributed by atoms with Crippen molar-refractivity contribution in [2.75, 3.05) is 28.4 Å². The van der Waals surface area contributed by atoms with Gasteiger partial charge in [0.15, 0.2) is 11.5 Å². The fourth-order valence-electron chi connectivity index (χ4n) is 2.18. The third-order valence-corrected chi connectivity index (χ3v) is 3.17. The van der Waals surface area contributed by atoms with Crippen LogP contribution < -0.4 is 19.5 Å². The molecule has 0 bridgehead atoms. The zero-order chi connectivity index (χ0) is 15.2. The van der Waals surface area contributed by atoms with Gasteiger partial charge in [0.05, 0.1) is 27.0 Å². The number of aromatic nitrogens is 1. The van der Waals surface area contributed by atoms with Crippen LogP contribution in [0.15, 0.2) is 30.5 Å². The Balaban J connectivity index is 2.50. The Bertz CT molecular complexity index is 589. The lowest BCUT2D eigenvalue weighted by Crippen LogP contribution is -2.05. The van der Waals surface area contributed by atoms with E-state index in [1.807, 2.05) is 31.3 Å². The third kappa shape index (κ3) is 3.25. The lowest BCUT2D eigenvalue weighted by Gasteiger charge is -2.14. The predicted molar refractivity (Wildman–Crippen MR) is 82.1 cm³/mol. The zero-order valence-electron chi connectivity index (χ0n) is 12.8. The van der Waals surface area contributed by atoms with Gasteiger partial charge in [-0.25, -0.2) is 0 Å². The summed E-state index contributed by atoms with van der Waals surface area (Å²) in [5, 5.41) is 3.13. The molecule has 21 heavy (non-hydrogen) atoms. The fraction of sp³-hybridized carbons (Fsp3) is 0.312. The molecule has 0 saturated heterocycles. The number of methoxy groups -OCH3 is 3. The van der Waals surface area contributed by atoms with Crippen LogP contribution in [-0.4, -0.2) is 33.4 Å². The number of rotatable bonds is 6. The summed E-state index contributed by atoms with van der Waals surface area (Å²) >= 11 is 0. The molecule has 0 saturated carbocycles. The Labute approximate surface area is 124 Å². The molecule has 0 aliphatic heterocycles. The van der Waals surface area contributed by atoms with Crippen LogP contribution in [0.1, 0.15) is 5.56 Å². The van der Waals surface area contributed by atoms with Gasteiger partial charge < -0.3 is 19.5 Å². The molecular formula is C16H20N2O3. The molecule has 2 rings (SSSR count). The topological polar surface area (TPSA) is 52.6 Å². The highest BCUT2D eigenvalue weighted by Gasteiger charge is 2.14. The third-order valence-electron chi connectivity index (χ3n) is 3.17. The van der Waals surface area contributed by atoms with E-state index in [-0.39, 0.29) is 0 Å². The molecule has 1 aromatic heterocycles. The van der Waals surface area contributed by atoms with Gasteiger partial charge in [-0.1, -0.05) is 0 Å². The Hall–Kier alpha value is -2.27. The highest BCUT2D eigenvalue weighted by atomic mass is 16.5. The van der Waals surface area contributed by atoms with Crippen LogP contribution >= 0.6 is 0 Å². The number of nitrogens with zero attached hydrogens (tertiary/aromatic N) is 1. The van der Waals surface area contributed by atoms with Gasteiger partial charge in [-0.3, -0.25) is 4.98 Å². The van der Waals surface area contributed by atoms with Crippen LogP contribution in [0.2, 0.25) is 0 Å². The van der Waals surface area contributed by atoms with Crippen molar-refractivity contribution < 1.29 is 14.2 Å². The first-order chi connectivity index (χ1) is 10.2. The van der Waals surface area contributed by atoms with Crippen LogP contribution in [0, 0.1) is 0 Å². The van der Waals surface area contributed by atoms with Gasteiger partial charge in [0.1, 0.15) is 0 Å². The highest BCUT2D eigenvalue weighted by molar-refractivity contribution is 5.69. The molecule has 0 fully saturated rings. The molecule has 0 aliphatic carbocycles. The molecule has 5 heteroatoms. The summed E-state index contributed by atoms with van der Waals surface area (Å²) in [7, 11) is 6.71. The first-order valence-corrected chi connectivity index (χ1v) is 6.63. The summed E-state index contributed by atoms with van der Waals surface area (Å²) in [6.45, 7) is 0.792. The summed E-state index contributed by atoms with van der Waals surface area (Å²) in [4.78, 5) is 4.42. The number of benzene rings is 1. The normalized spacial score (nSPS) is 10.3. The van der Waals surface area contributed by atoms with Gasteiger partial charge in [0, 0.05) is 18.3 Å². The number of hydrogen-bond acceptors (Lipinski definition) is 5. The summed E-state index contributed by atoms with van der Waals surface area (Å²) in [6.07, 6.45) is 1.80. The van der Waals surface area contributed by atoms with Crippen molar-refractivity contribution in [3.8, 4) is 28.5 Å². The first-order valence-electron chi connectivity index (χ1n) is 6.63. The maximum atomic E-state index is 5.37. The Morgan fingerprint density at radius 1 is 1.00 bits per heavy atom. The maximum Gasteiger partial charge on any atom is 0.203 e. The van der Waals surface area contributed by atoms with E-state index in [0.717, 1.165) is 23.4 Å². The Kier molecular flexibility index (Phi) is 5.00. The Morgan fingerprint density at radius 3 is 2.19 bits per heavy atom. The van der Waals surface area contributed by atoms with Gasteiger partial charge >= 0.3 is 0 Å². The van der Waals surface area contributed by atoms with E-state index in [1.165, 1.54) is 0 Å². The minimum Gasteiger partial charge on any atom is -0.493 e. The smallest absolute Gasteiger partial charge is 0.203 e. The van der Waals surface area contributed by atoms with Gasteiger partial charge in [0.2, 0.25) is 5.75 Å². The monoisotopic (exact) mass is 288 g/mol. The van der Waals surface area contributed by atoms with Crippen molar-refractivity contribution in [1.82, 2.24) is 10.3 Å². The summed E-state index contributed by atoms with van der Waals surface area (Å²) in [6, 6.07) is 7.81. The van der Waals surface area contributed by atoms with Crippen LogP contribution in [-0.2, 0) is 6.54 Å². The molecule has 0 unspecified atom stereocenters. The molecule has 112 valence electrons. The first kappa shape index (κ1) is 15.1. The SMILES string of the molecule is CNCc1ccnc(-c2cc(OC)c(OC)c(OC)c2)c1. The second-order valence-electron chi connectivity index (χ2n) is 4.49. The van der Waals surface area contributed by atoms with E-state index in [9.17, 15) is 0 Å². The van der Waals surface area contributed by atoms with E-state index in [1.54, 1.807) is 27.5 Å². The average molecular weight is 288 g/mol. The van der Waals surface area contributed by atoms with Crippen molar-refractivity contribution >= 4 is 0 Å². The van der Waals surface area contributed by atoms with Crippen molar-refractivity contribution in [3.05, 3.63) is 36.0 Å². The van der Waals surface area contributed by atoms with Crippen LogP contribution in [0.3, 0.4) is 0 Å². The van der Waals surface area contributed by atoms with Gasteiger partial charge in [-0.15, -0.1) is 0 Å². The van der Waals surface area contributed by atoms with Crippen LogP contribution in [0.25, 0.3) is 11.3 Å². The molecule has 0 aliphatic rings. The second kappa shape index (κ2) is 6.95. The largest absolute Gasteiger partial charge is 0.493 e. The minimum absolute atomic E-state index is 0.579. The molecule has 5 nitrogen and oxygen atoms in total. The van der Waals surface area contributed by atoms with Gasteiger partial charge in [-0.2, -0.15) is 0 Å². The number of hydrogen-bond donors (Lipinski definition) is 1. The highest BCUT2D eigenvalue weighted by Crippen LogP contribution is 2.40. The van der Waals surface area contributed by atoms with E-state index in [4.69, 9.17) is 14.2 Å². The van der Waals surface area contributed by atoms with Crippen molar-refractivity contribution in [3.63, 3.8) is 0 Å². The number of pyridine rings is 1. The standard InChI is InChI=1S/C16H20N2O3/c1-17-10-11-5-6-18-13(7-11)12-8-14(19-2)16(21-4)15(9-12)20-3/h5-9,17H,10H2,1-4H3. The van der Waals surface area contributed by atoms with Crippen LogP contribution in [0.5, 0.6) is 17.2 Å². The predicted octanol–water partition coefficient (Wildman–Crippen LogP) is 2.49. The summed E-state index contributed by atoms with van der Waals surface area (Å²) in [5.74, 6) is 1.82. The molecular weight excluding hydrogens is 268 g/mol. The molecule has 1 heterocycles. The molecule has 1 N–H and O–H groups in total. The number of ether oxygens (including phenoxy) is 3. The van der Waals surface area contributed by atoms with Crippen molar-refractivity contribution in [2.45, 2.75) is 6.54 Å². The summed E-state index contributed by atoms with van der Waals surface area (Å²) < 4.78 is 16.1. The van der Waals surface area contributed by atoms with E-state index in [2.05, 4.69) is 10.3 Å². The van der Waals surface area contributed by atoms with E-state index < -0.39 is 0 Å². The minimum atomic E-state index is 0.579. The van der Waals surface area contributed by atoms with Gasteiger partial charge in [0.25, 0.3) is 0 Å². The maximum absolute atomic E-state index is 5.37. The Morgan fingerprint density at radius 2 is 1.67 bits per heavy atom. The van der Waals surface area contributed by atoms with E-state index >= 15 is 0 Å². The van der Waals surface area contributed by atoms with Crippen molar-refractivity contribution in [2.24, 2.45) is 0 Å². The van der Waals surface area contributed by atoms with Crippen LogP contribution in [0.4, 0.5) is 0 Å². The fourth-order valence-corrected chi connectivity index (χ4v) is 2.18. The zero-order valence-corrected chi connectivity index (χ0v) is 12.8. The molecule has 0 spiro atoms. The molecule has 0 radical (unpaired) electrons. The lowest BCUT2D eigenvalue weighted by atomic mass is 10.1. The average Bonchev–Trinajstić information content (AvgIpc) is 2.54. The quantitative estimate of drug-likeness (QED) is 0.885. The lowest BCUT2D eigenvalue weighted by molar-refractivity contribution is 0.324.